The van der Waals surface area contributed by atoms with Gasteiger partial charge in [-0.05, 0) is 50.3 Å². The fourth-order valence-electron chi connectivity index (χ4n) is 3.72. The maximum absolute atomic E-state index is 12.8. The highest BCUT2D eigenvalue weighted by Crippen LogP contribution is 2.33. The molecule has 1 fully saturated rings. The molecule has 128 valence electrons. The molecular weight excluding hydrogens is 302 g/mol. The second kappa shape index (κ2) is 7.20. The van der Waals surface area contributed by atoms with Crippen LogP contribution in [-0.2, 0) is 11.3 Å². The van der Waals surface area contributed by atoms with Gasteiger partial charge in [0, 0.05) is 18.1 Å². The number of ether oxygens (including phenoxy) is 1. The number of fused-ring (bicyclic) bond motifs is 1. The zero-order valence-corrected chi connectivity index (χ0v) is 14.5. The third kappa shape index (κ3) is 3.10. The highest BCUT2D eigenvalue weighted by atomic mass is 16.5. The van der Waals surface area contributed by atoms with Crippen LogP contribution < -0.4 is 5.43 Å². The molecule has 2 aromatic rings. The number of aryl methyl sites for hydroxylation is 1. The summed E-state index contributed by atoms with van der Waals surface area (Å²) in [4.78, 5) is 25.0. The molecule has 1 aromatic carbocycles. The molecule has 0 saturated heterocycles. The first-order valence-corrected chi connectivity index (χ1v) is 9.00. The van der Waals surface area contributed by atoms with E-state index in [0.717, 1.165) is 5.52 Å². The summed E-state index contributed by atoms with van der Waals surface area (Å²) in [6.07, 6.45) is 7.81. The van der Waals surface area contributed by atoms with Crippen molar-refractivity contribution in [3.8, 4) is 0 Å². The van der Waals surface area contributed by atoms with Crippen LogP contribution in [0.15, 0.2) is 29.2 Å². The fourth-order valence-corrected chi connectivity index (χ4v) is 3.72. The summed E-state index contributed by atoms with van der Waals surface area (Å²) in [6, 6.07) is 6.18. The second-order valence-corrected chi connectivity index (χ2v) is 6.49. The van der Waals surface area contributed by atoms with Crippen LogP contribution in [0.4, 0.5) is 0 Å². The van der Waals surface area contributed by atoms with E-state index in [4.69, 9.17) is 4.74 Å². The molecule has 1 saturated carbocycles. The lowest BCUT2D eigenvalue weighted by Crippen LogP contribution is -2.21. The van der Waals surface area contributed by atoms with Crippen LogP contribution in [0, 0.1) is 0 Å². The second-order valence-electron chi connectivity index (χ2n) is 6.49. The van der Waals surface area contributed by atoms with Crippen LogP contribution in [0.1, 0.15) is 67.8 Å². The molecule has 0 atom stereocenters. The van der Waals surface area contributed by atoms with Crippen LogP contribution >= 0.6 is 0 Å². The maximum Gasteiger partial charge on any atom is 0.343 e. The molecule has 0 unspecified atom stereocenters. The normalized spacial score (nSPS) is 15.6. The van der Waals surface area contributed by atoms with Crippen molar-refractivity contribution in [2.45, 2.75) is 58.4 Å². The summed E-state index contributed by atoms with van der Waals surface area (Å²) in [5, 5.41) is 0.630. The van der Waals surface area contributed by atoms with Crippen LogP contribution in [0.25, 0.3) is 10.9 Å². The van der Waals surface area contributed by atoms with Gasteiger partial charge in [-0.15, -0.1) is 0 Å². The van der Waals surface area contributed by atoms with Gasteiger partial charge in [-0.3, -0.25) is 4.79 Å². The van der Waals surface area contributed by atoms with Crippen LogP contribution in [-0.4, -0.2) is 17.1 Å². The topological polar surface area (TPSA) is 48.3 Å². The Balaban J connectivity index is 2.13. The summed E-state index contributed by atoms with van der Waals surface area (Å²) in [6.45, 7) is 4.73. The number of pyridine rings is 1. The molecule has 1 aromatic heterocycles. The summed E-state index contributed by atoms with van der Waals surface area (Å²) in [5.41, 5.74) is 2.02. The van der Waals surface area contributed by atoms with Gasteiger partial charge in [0.1, 0.15) is 5.56 Å². The predicted octanol–water partition coefficient (Wildman–Crippen LogP) is 4.25. The summed E-state index contributed by atoms with van der Waals surface area (Å²) in [7, 11) is 0. The average Bonchev–Trinajstić information content (AvgIpc) is 2.63. The first-order chi connectivity index (χ1) is 11.7. The minimum Gasteiger partial charge on any atom is -0.462 e. The van der Waals surface area contributed by atoms with Gasteiger partial charge in [0.15, 0.2) is 0 Å². The standard InChI is InChI=1S/C20H25NO3/c1-3-21-13-17(20(23)24-4-2)19(22)16-12-15(10-11-18(16)21)14-8-6-5-7-9-14/h10-14H,3-9H2,1-2H3. The number of aromatic nitrogens is 1. The zero-order chi connectivity index (χ0) is 17.1. The van der Waals surface area contributed by atoms with E-state index >= 15 is 0 Å². The molecule has 4 nitrogen and oxygen atoms in total. The lowest BCUT2D eigenvalue weighted by molar-refractivity contribution is 0.0524. The molecule has 0 N–H and O–H groups in total. The minimum atomic E-state index is -0.533. The molecule has 24 heavy (non-hydrogen) atoms. The van der Waals surface area contributed by atoms with Crippen LogP contribution in [0.5, 0.6) is 0 Å². The van der Waals surface area contributed by atoms with Gasteiger partial charge in [0.25, 0.3) is 0 Å². The van der Waals surface area contributed by atoms with E-state index in [1.165, 1.54) is 37.7 Å². The minimum absolute atomic E-state index is 0.131. The molecule has 4 heteroatoms. The molecule has 0 aliphatic heterocycles. The van der Waals surface area contributed by atoms with E-state index in [-0.39, 0.29) is 17.6 Å². The van der Waals surface area contributed by atoms with E-state index in [0.29, 0.717) is 17.8 Å². The number of carbonyl (C=O) groups excluding carboxylic acids is 1. The Hall–Kier alpha value is -2.10. The molecule has 0 radical (unpaired) electrons. The molecule has 3 rings (SSSR count). The third-order valence-electron chi connectivity index (χ3n) is 5.02. The number of nitrogens with zero attached hydrogens (tertiary/aromatic N) is 1. The van der Waals surface area contributed by atoms with Crippen molar-refractivity contribution in [2.75, 3.05) is 6.61 Å². The monoisotopic (exact) mass is 327 g/mol. The Morgan fingerprint density at radius 1 is 1.21 bits per heavy atom. The Kier molecular flexibility index (Phi) is 5.03. The first kappa shape index (κ1) is 16.7. The third-order valence-corrected chi connectivity index (χ3v) is 5.02. The average molecular weight is 327 g/mol. The molecule has 0 amide bonds. The van der Waals surface area contributed by atoms with Crippen molar-refractivity contribution >= 4 is 16.9 Å². The summed E-state index contributed by atoms with van der Waals surface area (Å²) >= 11 is 0. The van der Waals surface area contributed by atoms with Crippen molar-refractivity contribution in [3.63, 3.8) is 0 Å². The van der Waals surface area contributed by atoms with Gasteiger partial charge in [-0.25, -0.2) is 4.79 Å². The largest absolute Gasteiger partial charge is 0.462 e. The van der Waals surface area contributed by atoms with Gasteiger partial charge in [-0.1, -0.05) is 25.3 Å². The van der Waals surface area contributed by atoms with Gasteiger partial charge < -0.3 is 9.30 Å². The highest BCUT2D eigenvalue weighted by Gasteiger charge is 2.19. The van der Waals surface area contributed by atoms with Crippen molar-refractivity contribution in [1.29, 1.82) is 0 Å². The molecule has 1 aliphatic carbocycles. The fraction of sp³-hybridized carbons (Fsp3) is 0.500. The van der Waals surface area contributed by atoms with Gasteiger partial charge in [-0.2, -0.15) is 0 Å². The highest BCUT2D eigenvalue weighted by molar-refractivity contribution is 5.94. The lowest BCUT2D eigenvalue weighted by Gasteiger charge is -2.22. The van der Waals surface area contributed by atoms with Crippen LogP contribution in [0.3, 0.4) is 0 Å². The summed E-state index contributed by atoms with van der Waals surface area (Å²) in [5.74, 6) is -0.00135. The molecule has 0 bridgehead atoms. The number of rotatable bonds is 4. The van der Waals surface area contributed by atoms with Gasteiger partial charge >= 0.3 is 5.97 Å². The van der Waals surface area contributed by atoms with Gasteiger partial charge in [0.05, 0.1) is 12.1 Å². The number of hydrogen-bond acceptors (Lipinski definition) is 3. The van der Waals surface area contributed by atoms with E-state index in [2.05, 4.69) is 6.07 Å². The molecule has 1 aliphatic rings. The van der Waals surface area contributed by atoms with Gasteiger partial charge in [0.2, 0.25) is 5.43 Å². The lowest BCUT2D eigenvalue weighted by atomic mass is 9.83. The van der Waals surface area contributed by atoms with E-state index in [1.54, 1.807) is 13.1 Å². The Bertz CT molecular complexity index is 800. The van der Waals surface area contributed by atoms with Crippen molar-refractivity contribution in [1.82, 2.24) is 4.57 Å². The SMILES string of the molecule is CCOC(=O)c1cn(CC)c2ccc(C3CCCCC3)cc2c1=O. The van der Waals surface area contributed by atoms with Crippen LogP contribution in [0.2, 0.25) is 0 Å². The van der Waals surface area contributed by atoms with Crippen molar-refractivity contribution in [2.24, 2.45) is 0 Å². The van der Waals surface area contributed by atoms with E-state index in [9.17, 15) is 9.59 Å². The smallest absolute Gasteiger partial charge is 0.343 e. The Morgan fingerprint density at radius 2 is 1.96 bits per heavy atom. The van der Waals surface area contributed by atoms with E-state index < -0.39 is 5.97 Å². The predicted molar refractivity (Wildman–Crippen MR) is 95.7 cm³/mol. The van der Waals surface area contributed by atoms with E-state index in [1.807, 2.05) is 23.6 Å². The number of benzene rings is 1. The van der Waals surface area contributed by atoms with Crippen molar-refractivity contribution < 1.29 is 9.53 Å². The quantitative estimate of drug-likeness (QED) is 0.789. The molecule has 0 spiro atoms. The maximum atomic E-state index is 12.8. The number of carbonyl (C=O) groups is 1. The molecular formula is C20H25NO3. The summed E-state index contributed by atoms with van der Waals surface area (Å²) < 4.78 is 7.00. The molecule has 1 heterocycles. The zero-order valence-electron chi connectivity index (χ0n) is 14.5. The number of hydrogen-bond donors (Lipinski definition) is 0. The number of esters is 1. The van der Waals surface area contributed by atoms with Crippen molar-refractivity contribution in [3.05, 3.63) is 45.7 Å². The Morgan fingerprint density at radius 3 is 2.62 bits per heavy atom. The Labute approximate surface area is 142 Å². The first-order valence-electron chi connectivity index (χ1n) is 9.00.